The fourth-order valence-electron chi connectivity index (χ4n) is 3.11. The van der Waals surface area contributed by atoms with Gasteiger partial charge in [-0.15, -0.1) is 0 Å². The number of ether oxygens (including phenoxy) is 2. The quantitative estimate of drug-likeness (QED) is 0.828. The summed E-state index contributed by atoms with van der Waals surface area (Å²) in [7, 11) is 0. The molecule has 9 heteroatoms. The number of carbonyl (C=O) groups is 1. The van der Waals surface area contributed by atoms with Crippen molar-refractivity contribution in [1.29, 1.82) is 0 Å². The standard InChI is InChI=1S/C20H22F3N3O3/c1-13-9-14(2)24-18(10-13)25-19(27)26-7-8-28-15(11-26)12-29-17-6-4-3-5-16(17)20(21,22)23/h3-6,9-10,15H,7-8,11-12H2,1-2H3,(H,24,25,27). The number of para-hydroxylation sites is 1. The van der Waals surface area contributed by atoms with Crippen molar-refractivity contribution in [2.75, 3.05) is 31.6 Å². The number of carbonyl (C=O) groups excluding carboxylic acids is 1. The Kier molecular flexibility index (Phi) is 6.26. The smallest absolute Gasteiger partial charge is 0.419 e. The normalized spacial score (nSPS) is 17.1. The zero-order valence-electron chi connectivity index (χ0n) is 16.1. The van der Waals surface area contributed by atoms with Crippen LogP contribution < -0.4 is 10.1 Å². The van der Waals surface area contributed by atoms with E-state index in [9.17, 15) is 18.0 Å². The summed E-state index contributed by atoms with van der Waals surface area (Å²) in [6.45, 7) is 4.48. The monoisotopic (exact) mass is 409 g/mol. The van der Waals surface area contributed by atoms with Crippen LogP contribution in [-0.2, 0) is 10.9 Å². The molecule has 2 amide bonds. The molecule has 0 saturated carbocycles. The highest BCUT2D eigenvalue weighted by molar-refractivity contribution is 5.88. The average Bonchev–Trinajstić information content (AvgIpc) is 2.65. The number of morpholine rings is 1. The molecule has 1 aliphatic heterocycles. The van der Waals surface area contributed by atoms with Crippen molar-refractivity contribution in [3.63, 3.8) is 0 Å². The lowest BCUT2D eigenvalue weighted by molar-refractivity contribution is -0.139. The molecule has 3 rings (SSSR count). The zero-order valence-corrected chi connectivity index (χ0v) is 16.1. The highest BCUT2D eigenvalue weighted by Crippen LogP contribution is 2.36. The minimum Gasteiger partial charge on any atom is -0.490 e. The minimum absolute atomic E-state index is 0.0985. The van der Waals surface area contributed by atoms with Gasteiger partial charge in [0.05, 0.1) is 18.7 Å². The number of halogens is 3. The van der Waals surface area contributed by atoms with Crippen molar-refractivity contribution < 1.29 is 27.4 Å². The van der Waals surface area contributed by atoms with E-state index in [0.717, 1.165) is 17.3 Å². The van der Waals surface area contributed by atoms with Gasteiger partial charge in [0.15, 0.2) is 0 Å². The Hall–Kier alpha value is -2.81. The topological polar surface area (TPSA) is 63.7 Å². The summed E-state index contributed by atoms with van der Waals surface area (Å²) in [5, 5.41) is 2.75. The summed E-state index contributed by atoms with van der Waals surface area (Å²) >= 11 is 0. The maximum absolute atomic E-state index is 13.1. The van der Waals surface area contributed by atoms with Crippen molar-refractivity contribution in [3.05, 3.63) is 53.2 Å². The number of alkyl halides is 3. The fourth-order valence-corrected chi connectivity index (χ4v) is 3.11. The molecule has 0 radical (unpaired) electrons. The fraction of sp³-hybridized carbons (Fsp3) is 0.400. The number of amides is 2. The van der Waals surface area contributed by atoms with Crippen LogP contribution in [-0.4, -0.2) is 48.3 Å². The first-order chi connectivity index (χ1) is 13.7. The van der Waals surface area contributed by atoms with E-state index in [4.69, 9.17) is 9.47 Å². The summed E-state index contributed by atoms with van der Waals surface area (Å²) in [6, 6.07) is 8.33. The molecule has 2 heterocycles. The molecule has 2 aromatic rings. The Morgan fingerprint density at radius 2 is 2.07 bits per heavy atom. The number of urea groups is 1. The number of rotatable bonds is 4. The van der Waals surface area contributed by atoms with Crippen LogP contribution in [0.2, 0.25) is 0 Å². The molecule has 1 N–H and O–H groups in total. The lowest BCUT2D eigenvalue weighted by Crippen LogP contribution is -2.49. The highest BCUT2D eigenvalue weighted by Gasteiger charge is 2.34. The number of hydrogen-bond acceptors (Lipinski definition) is 4. The zero-order chi connectivity index (χ0) is 21.0. The van der Waals surface area contributed by atoms with Gasteiger partial charge in [-0.25, -0.2) is 9.78 Å². The molecular weight excluding hydrogens is 387 g/mol. The van der Waals surface area contributed by atoms with Crippen LogP contribution in [0.1, 0.15) is 16.8 Å². The second-order valence-electron chi connectivity index (χ2n) is 6.85. The van der Waals surface area contributed by atoms with Crippen LogP contribution in [0.15, 0.2) is 36.4 Å². The van der Waals surface area contributed by atoms with Crippen molar-refractivity contribution >= 4 is 11.8 Å². The number of aryl methyl sites for hydroxylation is 2. The Morgan fingerprint density at radius 3 is 2.79 bits per heavy atom. The van der Waals surface area contributed by atoms with E-state index in [1.165, 1.54) is 23.1 Å². The van der Waals surface area contributed by atoms with Gasteiger partial charge in [-0.3, -0.25) is 5.32 Å². The van der Waals surface area contributed by atoms with E-state index < -0.39 is 17.8 Å². The Balaban J connectivity index is 1.59. The SMILES string of the molecule is Cc1cc(C)nc(NC(=O)N2CCOC(COc3ccccc3C(F)(F)F)C2)c1. The Bertz CT molecular complexity index is 853. The van der Waals surface area contributed by atoms with Crippen molar-refractivity contribution in [2.45, 2.75) is 26.1 Å². The first-order valence-corrected chi connectivity index (χ1v) is 9.14. The average molecular weight is 409 g/mol. The molecule has 0 spiro atoms. The van der Waals surface area contributed by atoms with E-state index in [1.54, 1.807) is 6.07 Å². The van der Waals surface area contributed by atoms with Gasteiger partial charge in [-0.1, -0.05) is 12.1 Å². The maximum atomic E-state index is 13.1. The van der Waals surface area contributed by atoms with Crippen LogP contribution in [0.5, 0.6) is 5.75 Å². The molecule has 1 aromatic carbocycles. The molecule has 0 bridgehead atoms. The third-order valence-electron chi connectivity index (χ3n) is 4.38. The van der Waals surface area contributed by atoms with Crippen LogP contribution >= 0.6 is 0 Å². The molecule has 29 heavy (non-hydrogen) atoms. The van der Waals surface area contributed by atoms with Gasteiger partial charge in [0.2, 0.25) is 0 Å². The largest absolute Gasteiger partial charge is 0.490 e. The molecule has 6 nitrogen and oxygen atoms in total. The van der Waals surface area contributed by atoms with E-state index in [1.807, 2.05) is 19.9 Å². The molecule has 1 unspecified atom stereocenters. The number of hydrogen-bond donors (Lipinski definition) is 1. The number of aromatic nitrogens is 1. The first-order valence-electron chi connectivity index (χ1n) is 9.14. The summed E-state index contributed by atoms with van der Waals surface area (Å²) in [6.07, 6.45) is -5.04. The van der Waals surface area contributed by atoms with Gasteiger partial charge >= 0.3 is 12.2 Å². The minimum atomic E-state index is -4.51. The van der Waals surface area contributed by atoms with Crippen molar-refractivity contribution in [2.24, 2.45) is 0 Å². The molecule has 1 aliphatic rings. The Labute approximate surface area is 166 Å². The number of nitrogens with one attached hydrogen (secondary N) is 1. The maximum Gasteiger partial charge on any atom is 0.419 e. The van der Waals surface area contributed by atoms with Crippen LogP contribution in [0, 0.1) is 13.8 Å². The van der Waals surface area contributed by atoms with Crippen LogP contribution in [0.25, 0.3) is 0 Å². The highest BCUT2D eigenvalue weighted by atomic mass is 19.4. The van der Waals surface area contributed by atoms with Gasteiger partial charge in [0.25, 0.3) is 0 Å². The molecule has 156 valence electrons. The summed E-state index contributed by atoms with van der Waals surface area (Å²) in [4.78, 5) is 18.3. The van der Waals surface area contributed by atoms with Gasteiger partial charge in [0, 0.05) is 12.2 Å². The summed E-state index contributed by atoms with van der Waals surface area (Å²) in [5.41, 5.74) is 0.924. The number of benzene rings is 1. The van der Waals surface area contributed by atoms with Gasteiger partial charge in [-0.2, -0.15) is 13.2 Å². The van der Waals surface area contributed by atoms with E-state index in [-0.39, 0.29) is 31.5 Å². The number of nitrogens with zero attached hydrogens (tertiary/aromatic N) is 2. The third kappa shape index (κ3) is 5.60. The van der Waals surface area contributed by atoms with Crippen molar-refractivity contribution in [3.8, 4) is 5.75 Å². The molecule has 0 aliphatic carbocycles. The Morgan fingerprint density at radius 1 is 1.31 bits per heavy atom. The molecule has 1 atom stereocenters. The lowest BCUT2D eigenvalue weighted by atomic mass is 10.2. The van der Waals surface area contributed by atoms with E-state index in [0.29, 0.717) is 12.4 Å². The predicted octanol–water partition coefficient (Wildman–Crippen LogP) is 4.03. The number of pyridine rings is 1. The molecule has 1 saturated heterocycles. The third-order valence-corrected chi connectivity index (χ3v) is 4.38. The molecular formula is C20H22F3N3O3. The predicted molar refractivity (Wildman–Crippen MR) is 101 cm³/mol. The lowest BCUT2D eigenvalue weighted by Gasteiger charge is -2.32. The van der Waals surface area contributed by atoms with Gasteiger partial charge < -0.3 is 14.4 Å². The van der Waals surface area contributed by atoms with Gasteiger partial charge in [0.1, 0.15) is 24.3 Å². The second-order valence-corrected chi connectivity index (χ2v) is 6.85. The summed E-state index contributed by atoms with van der Waals surface area (Å²) < 4.78 is 50.1. The molecule has 1 fully saturated rings. The van der Waals surface area contributed by atoms with Crippen LogP contribution in [0.3, 0.4) is 0 Å². The van der Waals surface area contributed by atoms with E-state index >= 15 is 0 Å². The molecule has 1 aromatic heterocycles. The first kappa shape index (κ1) is 20.9. The summed E-state index contributed by atoms with van der Waals surface area (Å²) in [5.74, 6) is 0.190. The number of anilines is 1. The van der Waals surface area contributed by atoms with Crippen LogP contribution in [0.4, 0.5) is 23.8 Å². The van der Waals surface area contributed by atoms with Crippen molar-refractivity contribution in [1.82, 2.24) is 9.88 Å². The van der Waals surface area contributed by atoms with E-state index in [2.05, 4.69) is 10.3 Å². The second kappa shape index (κ2) is 8.69. The van der Waals surface area contributed by atoms with Gasteiger partial charge in [-0.05, 0) is 43.7 Å².